The molecule has 1 N–H and O–H groups in total. The van der Waals surface area contributed by atoms with Crippen molar-refractivity contribution in [3.63, 3.8) is 0 Å². The van der Waals surface area contributed by atoms with E-state index in [1.165, 1.54) is 23.2 Å². The van der Waals surface area contributed by atoms with Gasteiger partial charge in [0.1, 0.15) is 11.4 Å². The highest BCUT2D eigenvalue weighted by molar-refractivity contribution is 5.95. The molecule has 0 aromatic carbocycles. The first kappa shape index (κ1) is 18.0. The van der Waals surface area contributed by atoms with Crippen LogP contribution in [0.1, 0.15) is 24.2 Å². The fourth-order valence-electron chi connectivity index (χ4n) is 2.64. The molecule has 0 bridgehead atoms. The Morgan fingerprint density at radius 3 is 2.54 bits per heavy atom. The van der Waals surface area contributed by atoms with E-state index in [4.69, 9.17) is 9.84 Å². The van der Waals surface area contributed by atoms with Crippen LogP contribution < -0.4 is 4.90 Å². The van der Waals surface area contributed by atoms with Gasteiger partial charge in [-0.3, -0.25) is 4.79 Å². The molecule has 24 heavy (non-hydrogen) atoms. The Kier molecular flexibility index (Phi) is 5.00. The van der Waals surface area contributed by atoms with Crippen LogP contribution in [0, 0.1) is 11.8 Å². The molecule has 1 fully saturated rings. The minimum absolute atomic E-state index is 0.00106. The normalized spacial score (nSPS) is 21.2. The van der Waals surface area contributed by atoms with Crippen LogP contribution in [0.5, 0.6) is 0 Å². The van der Waals surface area contributed by atoms with Gasteiger partial charge in [-0.2, -0.15) is 13.2 Å². The highest BCUT2D eigenvalue weighted by Crippen LogP contribution is 2.39. The van der Waals surface area contributed by atoms with E-state index in [0.29, 0.717) is 0 Å². The predicted molar refractivity (Wildman–Crippen MR) is 77.7 cm³/mol. The maximum absolute atomic E-state index is 13.1. The van der Waals surface area contributed by atoms with E-state index in [0.717, 1.165) is 0 Å². The van der Waals surface area contributed by atoms with Gasteiger partial charge in [-0.1, -0.05) is 0 Å². The summed E-state index contributed by atoms with van der Waals surface area (Å²) in [6.45, 7) is 2.34. The van der Waals surface area contributed by atoms with Crippen molar-refractivity contribution in [2.75, 3.05) is 18.0 Å². The topological polar surface area (TPSA) is 79.7 Å². The second kappa shape index (κ2) is 6.66. The number of nitrogens with zero attached hydrogens (tertiary/aromatic N) is 2. The van der Waals surface area contributed by atoms with Crippen molar-refractivity contribution in [1.29, 1.82) is 0 Å². The maximum Gasteiger partial charge on any atom is 0.394 e. The fourth-order valence-corrected chi connectivity index (χ4v) is 2.64. The van der Waals surface area contributed by atoms with Crippen LogP contribution in [0.2, 0.25) is 0 Å². The monoisotopic (exact) mass is 346 g/mol. The number of aromatic nitrogens is 1. The first-order chi connectivity index (χ1) is 11.1. The molecule has 0 spiro atoms. The van der Waals surface area contributed by atoms with Crippen LogP contribution >= 0.6 is 0 Å². The number of halogens is 3. The molecular weight excluding hydrogens is 329 g/mol. The van der Waals surface area contributed by atoms with E-state index < -0.39 is 42.6 Å². The molecule has 1 aromatic rings. The molecule has 1 saturated heterocycles. The van der Waals surface area contributed by atoms with Crippen molar-refractivity contribution in [3.05, 3.63) is 23.9 Å². The SMILES string of the molecule is CC(C)OC(=O)c1cccnc1N1C[C@@H](C(F)(F)F)[C@H](C(=O)O)C1. The van der Waals surface area contributed by atoms with Gasteiger partial charge in [0.25, 0.3) is 0 Å². The number of carbonyl (C=O) groups is 2. The van der Waals surface area contributed by atoms with Gasteiger partial charge in [-0.05, 0) is 26.0 Å². The Bertz CT molecular complexity index is 633. The number of aliphatic carboxylic acids is 1. The molecule has 6 nitrogen and oxygen atoms in total. The van der Waals surface area contributed by atoms with Gasteiger partial charge in [-0.15, -0.1) is 0 Å². The third kappa shape index (κ3) is 3.77. The van der Waals surface area contributed by atoms with Crippen molar-refractivity contribution in [2.45, 2.75) is 26.1 Å². The number of carboxylic acid groups (broad SMARTS) is 1. The van der Waals surface area contributed by atoms with E-state index in [1.54, 1.807) is 13.8 Å². The lowest BCUT2D eigenvalue weighted by Crippen LogP contribution is -2.33. The second-order valence-corrected chi connectivity index (χ2v) is 5.83. The second-order valence-electron chi connectivity index (χ2n) is 5.83. The van der Waals surface area contributed by atoms with E-state index in [2.05, 4.69) is 4.98 Å². The molecule has 0 unspecified atom stereocenters. The van der Waals surface area contributed by atoms with Crippen LogP contribution in [-0.4, -0.2) is 47.4 Å². The summed E-state index contributed by atoms with van der Waals surface area (Å²) in [4.78, 5) is 28.4. The summed E-state index contributed by atoms with van der Waals surface area (Å²) >= 11 is 0. The number of hydrogen-bond acceptors (Lipinski definition) is 5. The quantitative estimate of drug-likeness (QED) is 0.843. The first-order valence-electron chi connectivity index (χ1n) is 7.31. The number of hydrogen-bond donors (Lipinski definition) is 1. The molecule has 0 aliphatic carbocycles. The summed E-state index contributed by atoms with van der Waals surface area (Å²) in [6, 6.07) is 2.86. The minimum Gasteiger partial charge on any atom is -0.481 e. The van der Waals surface area contributed by atoms with E-state index >= 15 is 0 Å². The molecule has 2 rings (SSSR count). The molecule has 0 radical (unpaired) electrons. The van der Waals surface area contributed by atoms with Crippen LogP contribution in [0.25, 0.3) is 0 Å². The third-order valence-corrected chi connectivity index (χ3v) is 3.71. The van der Waals surface area contributed by atoms with Crippen molar-refractivity contribution in [1.82, 2.24) is 4.98 Å². The minimum atomic E-state index is -4.65. The Labute approximate surface area is 136 Å². The van der Waals surface area contributed by atoms with Crippen molar-refractivity contribution < 1.29 is 32.6 Å². The largest absolute Gasteiger partial charge is 0.481 e. The molecule has 0 amide bonds. The summed E-state index contributed by atoms with van der Waals surface area (Å²) in [5.74, 6) is -5.87. The predicted octanol–water partition coefficient (Wildman–Crippen LogP) is 2.35. The Morgan fingerprint density at radius 2 is 2.04 bits per heavy atom. The molecule has 2 heterocycles. The lowest BCUT2D eigenvalue weighted by atomic mass is 9.96. The number of pyridine rings is 1. The molecule has 1 aromatic heterocycles. The van der Waals surface area contributed by atoms with Gasteiger partial charge < -0.3 is 14.7 Å². The third-order valence-electron chi connectivity index (χ3n) is 3.71. The summed E-state index contributed by atoms with van der Waals surface area (Å²) < 4.78 is 44.3. The lowest BCUT2D eigenvalue weighted by molar-refractivity contribution is -0.187. The number of ether oxygens (including phenoxy) is 1. The molecule has 2 atom stereocenters. The number of anilines is 1. The van der Waals surface area contributed by atoms with Gasteiger partial charge in [0.15, 0.2) is 0 Å². The number of rotatable bonds is 4. The zero-order valence-corrected chi connectivity index (χ0v) is 13.1. The number of alkyl halides is 3. The van der Waals surface area contributed by atoms with Crippen LogP contribution in [0.15, 0.2) is 18.3 Å². The van der Waals surface area contributed by atoms with E-state index in [-0.39, 0.29) is 17.9 Å². The maximum atomic E-state index is 13.1. The summed E-state index contributed by atoms with van der Waals surface area (Å²) in [5.41, 5.74) is 0.0122. The van der Waals surface area contributed by atoms with Gasteiger partial charge in [0.05, 0.1) is 17.9 Å². The van der Waals surface area contributed by atoms with E-state index in [9.17, 15) is 22.8 Å². The molecule has 132 valence electrons. The number of esters is 1. The van der Waals surface area contributed by atoms with Crippen molar-refractivity contribution in [2.24, 2.45) is 11.8 Å². The fraction of sp³-hybridized carbons (Fsp3) is 0.533. The van der Waals surface area contributed by atoms with Gasteiger partial charge in [0, 0.05) is 19.3 Å². The van der Waals surface area contributed by atoms with E-state index in [1.807, 2.05) is 0 Å². The molecule has 1 aliphatic rings. The highest BCUT2D eigenvalue weighted by Gasteiger charge is 2.53. The zero-order chi connectivity index (χ0) is 18.1. The summed E-state index contributed by atoms with van der Waals surface area (Å²) in [6.07, 6.45) is -3.72. The number of carboxylic acids is 1. The molecule has 0 saturated carbocycles. The van der Waals surface area contributed by atoms with Crippen LogP contribution in [0.4, 0.5) is 19.0 Å². The summed E-state index contributed by atoms with van der Waals surface area (Å²) in [5, 5.41) is 9.07. The van der Waals surface area contributed by atoms with Crippen molar-refractivity contribution >= 4 is 17.8 Å². The van der Waals surface area contributed by atoms with Crippen molar-refractivity contribution in [3.8, 4) is 0 Å². The Balaban J connectivity index is 2.33. The average molecular weight is 346 g/mol. The summed E-state index contributed by atoms with van der Waals surface area (Å²) in [7, 11) is 0. The first-order valence-corrected chi connectivity index (χ1v) is 7.31. The Hall–Kier alpha value is -2.32. The van der Waals surface area contributed by atoms with Gasteiger partial charge in [0.2, 0.25) is 0 Å². The van der Waals surface area contributed by atoms with Gasteiger partial charge >= 0.3 is 18.1 Å². The van der Waals surface area contributed by atoms with Gasteiger partial charge in [-0.25, -0.2) is 9.78 Å². The molecular formula is C15H17F3N2O4. The highest BCUT2D eigenvalue weighted by atomic mass is 19.4. The smallest absolute Gasteiger partial charge is 0.394 e. The lowest BCUT2D eigenvalue weighted by Gasteiger charge is -2.21. The average Bonchev–Trinajstić information content (AvgIpc) is 2.92. The zero-order valence-electron chi connectivity index (χ0n) is 13.1. The molecule has 9 heteroatoms. The Morgan fingerprint density at radius 1 is 1.38 bits per heavy atom. The molecule has 1 aliphatic heterocycles. The number of carbonyl (C=O) groups excluding carboxylic acids is 1. The standard InChI is InChI=1S/C15H17F3N2O4/c1-8(2)24-14(23)9-4-3-5-19-12(9)20-6-10(13(21)22)11(7-20)15(16,17)18/h3-5,8,10-11H,6-7H2,1-2H3,(H,21,22)/t10-,11-/m1/s1. The van der Waals surface area contributed by atoms with Crippen LogP contribution in [-0.2, 0) is 9.53 Å². The van der Waals surface area contributed by atoms with Crippen LogP contribution in [0.3, 0.4) is 0 Å².